The van der Waals surface area contributed by atoms with Crippen molar-refractivity contribution in [2.75, 3.05) is 0 Å². The minimum absolute atomic E-state index is 0.0813. The molecule has 1 aromatic carbocycles. The SMILES string of the molecule is CC1CCC(NC(=O)Cc2cccc(F)c2F)(C(=O)O)CC1. The van der Waals surface area contributed by atoms with Crippen molar-refractivity contribution in [3.05, 3.63) is 35.4 Å². The Morgan fingerprint density at radius 3 is 2.55 bits per heavy atom. The number of benzene rings is 1. The van der Waals surface area contributed by atoms with Crippen LogP contribution in [-0.4, -0.2) is 22.5 Å². The van der Waals surface area contributed by atoms with Gasteiger partial charge in [0.05, 0.1) is 6.42 Å². The molecule has 120 valence electrons. The van der Waals surface area contributed by atoms with Gasteiger partial charge < -0.3 is 10.4 Å². The summed E-state index contributed by atoms with van der Waals surface area (Å²) in [7, 11) is 0. The fourth-order valence-electron chi connectivity index (χ4n) is 2.82. The van der Waals surface area contributed by atoms with E-state index in [0.29, 0.717) is 31.6 Å². The zero-order valence-electron chi connectivity index (χ0n) is 12.4. The molecule has 2 N–H and O–H groups in total. The van der Waals surface area contributed by atoms with Crippen LogP contribution in [0.25, 0.3) is 0 Å². The highest BCUT2D eigenvalue weighted by molar-refractivity contribution is 5.88. The van der Waals surface area contributed by atoms with Crippen LogP contribution in [0, 0.1) is 17.6 Å². The molecule has 6 heteroatoms. The minimum atomic E-state index is -1.30. The molecular weight excluding hydrogens is 292 g/mol. The highest BCUT2D eigenvalue weighted by Gasteiger charge is 2.42. The zero-order valence-corrected chi connectivity index (χ0v) is 12.4. The molecule has 1 amide bonds. The lowest BCUT2D eigenvalue weighted by Gasteiger charge is -2.36. The predicted molar refractivity (Wildman–Crippen MR) is 76.2 cm³/mol. The average molecular weight is 311 g/mol. The topological polar surface area (TPSA) is 66.4 Å². The molecule has 0 bridgehead atoms. The quantitative estimate of drug-likeness (QED) is 0.898. The smallest absolute Gasteiger partial charge is 0.329 e. The summed E-state index contributed by atoms with van der Waals surface area (Å²) >= 11 is 0. The standard InChI is InChI=1S/C16H19F2NO3/c1-10-5-7-16(8-6-10,15(21)22)19-13(20)9-11-3-2-4-12(17)14(11)18/h2-4,10H,5-9H2,1H3,(H,19,20)(H,21,22). The van der Waals surface area contributed by atoms with Gasteiger partial charge in [0.2, 0.25) is 5.91 Å². The molecule has 1 aromatic rings. The summed E-state index contributed by atoms with van der Waals surface area (Å²) in [6.45, 7) is 2.04. The van der Waals surface area contributed by atoms with Gasteiger partial charge >= 0.3 is 5.97 Å². The highest BCUT2D eigenvalue weighted by Crippen LogP contribution is 2.32. The van der Waals surface area contributed by atoms with E-state index in [0.717, 1.165) is 6.07 Å². The van der Waals surface area contributed by atoms with Crippen LogP contribution in [0.5, 0.6) is 0 Å². The third-order valence-corrected chi connectivity index (χ3v) is 4.30. The van der Waals surface area contributed by atoms with Crippen molar-refractivity contribution in [3.8, 4) is 0 Å². The van der Waals surface area contributed by atoms with Gasteiger partial charge in [-0.3, -0.25) is 4.79 Å². The lowest BCUT2D eigenvalue weighted by molar-refractivity contribution is -0.149. The van der Waals surface area contributed by atoms with E-state index in [9.17, 15) is 23.5 Å². The van der Waals surface area contributed by atoms with E-state index in [1.54, 1.807) is 0 Å². The van der Waals surface area contributed by atoms with E-state index in [-0.39, 0.29) is 12.0 Å². The van der Waals surface area contributed by atoms with Crippen molar-refractivity contribution in [1.82, 2.24) is 5.32 Å². The molecule has 22 heavy (non-hydrogen) atoms. The van der Waals surface area contributed by atoms with Gasteiger partial charge in [-0.1, -0.05) is 19.1 Å². The molecular formula is C16H19F2NO3. The maximum Gasteiger partial charge on any atom is 0.329 e. The Morgan fingerprint density at radius 2 is 1.95 bits per heavy atom. The number of hydrogen-bond donors (Lipinski definition) is 2. The van der Waals surface area contributed by atoms with Crippen molar-refractivity contribution >= 4 is 11.9 Å². The first-order valence-electron chi connectivity index (χ1n) is 7.31. The second-order valence-electron chi connectivity index (χ2n) is 6.01. The molecule has 0 heterocycles. The summed E-state index contributed by atoms with van der Waals surface area (Å²) in [5.74, 6) is -3.36. The van der Waals surface area contributed by atoms with Gasteiger partial charge in [0, 0.05) is 5.56 Å². The molecule has 2 rings (SSSR count). The Labute approximate surface area is 127 Å². The summed E-state index contributed by atoms with van der Waals surface area (Å²) in [5, 5.41) is 12.0. The summed E-state index contributed by atoms with van der Waals surface area (Å²) < 4.78 is 26.7. The van der Waals surface area contributed by atoms with Crippen LogP contribution in [0.1, 0.15) is 38.2 Å². The van der Waals surface area contributed by atoms with Gasteiger partial charge in [-0.05, 0) is 37.7 Å². The highest BCUT2D eigenvalue weighted by atomic mass is 19.2. The molecule has 1 saturated carbocycles. The van der Waals surface area contributed by atoms with Crippen LogP contribution >= 0.6 is 0 Å². The first kappa shape index (κ1) is 16.4. The molecule has 0 atom stereocenters. The number of halogens is 2. The molecule has 4 nitrogen and oxygen atoms in total. The zero-order chi connectivity index (χ0) is 16.3. The fraction of sp³-hybridized carbons (Fsp3) is 0.500. The number of hydrogen-bond acceptors (Lipinski definition) is 2. The average Bonchev–Trinajstić information content (AvgIpc) is 2.46. The Hall–Kier alpha value is -1.98. The molecule has 0 aliphatic heterocycles. The molecule has 0 spiro atoms. The predicted octanol–water partition coefficient (Wildman–Crippen LogP) is 2.66. The number of carbonyl (C=O) groups is 2. The number of carboxylic acids is 1. The van der Waals surface area contributed by atoms with Gasteiger partial charge in [0.15, 0.2) is 11.6 Å². The van der Waals surface area contributed by atoms with Crippen LogP contribution < -0.4 is 5.32 Å². The van der Waals surface area contributed by atoms with E-state index in [1.807, 2.05) is 6.92 Å². The maximum atomic E-state index is 13.6. The second kappa shape index (κ2) is 6.42. The largest absolute Gasteiger partial charge is 0.480 e. The Balaban J connectivity index is 2.09. The molecule has 1 aliphatic carbocycles. The maximum absolute atomic E-state index is 13.6. The lowest BCUT2D eigenvalue weighted by atomic mass is 9.77. The van der Waals surface area contributed by atoms with Gasteiger partial charge in [0.25, 0.3) is 0 Å². The van der Waals surface area contributed by atoms with E-state index in [4.69, 9.17) is 0 Å². The van der Waals surface area contributed by atoms with E-state index in [1.165, 1.54) is 12.1 Å². The summed E-state index contributed by atoms with van der Waals surface area (Å²) in [6, 6.07) is 3.60. The van der Waals surface area contributed by atoms with Crippen molar-refractivity contribution in [3.63, 3.8) is 0 Å². The fourth-order valence-corrected chi connectivity index (χ4v) is 2.82. The van der Waals surface area contributed by atoms with Crippen LogP contribution in [0.4, 0.5) is 8.78 Å². The van der Waals surface area contributed by atoms with Crippen molar-refractivity contribution in [2.45, 2.75) is 44.6 Å². The van der Waals surface area contributed by atoms with Crippen LogP contribution in [0.3, 0.4) is 0 Å². The Morgan fingerprint density at radius 1 is 1.32 bits per heavy atom. The number of carboxylic acid groups (broad SMARTS) is 1. The third kappa shape index (κ3) is 3.43. The number of amides is 1. The third-order valence-electron chi connectivity index (χ3n) is 4.30. The Kier molecular flexibility index (Phi) is 4.78. The van der Waals surface area contributed by atoms with Crippen LogP contribution in [0.15, 0.2) is 18.2 Å². The monoisotopic (exact) mass is 311 g/mol. The lowest BCUT2D eigenvalue weighted by Crippen LogP contribution is -2.56. The number of aliphatic carboxylic acids is 1. The van der Waals surface area contributed by atoms with Gasteiger partial charge in [-0.2, -0.15) is 0 Å². The minimum Gasteiger partial charge on any atom is -0.480 e. The van der Waals surface area contributed by atoms with Crippen LogP contribution in [0.2, 0.25) is 0 Å². The molecule has 1 aliphatic rings. The van der Waals surface area contributed by atoms with E-state index < -0.39 is 29.0 Å². The van der Waals surface area contributed by atoms with Crippen LogP contribution in [-0.2, 0) is 16.0 Å². The van der Waals surface area contributed by atoms with Crippen molar-refractivity contribution in [1.29, 1.82) is 0 Å². The van der Waals surface area contributed by atoms with E-state index in [2.05, 4.69) is 5.32 Å². The first-order valence-corrected chi connectivity index (χ1v) is 7.31. The summed E-state index contributed by atoms with van der Waals surface area (Å²) in [5.41, 5.74) is -1.38. The first-order chi connectivity index (χ1) is 10.3. The van der Waals surface area contributed by atoms with Crippen molar-refractivity contribution in [2.24, 2.45) is 5.92 Å². The summed E-state index contributed by atoms with van der Waals surface area (Å²) in [4.78, 5) is 23.6. The molecule has 0 unspecified atom stereocenters. The summed E-state index contributed by atoms with van der Waals surface area (Å²) in [6.07, 6.45) is 1.73. The normalized spacial score (nSPS) is 24.8. The molecule has 0 saturated heterocycles. The molecule has 0 radical (unpaired) electrons. The molecule has 1 fully saturated rings. The number of rotatable bonds is 4. The Bertz CT molecular complexity index is 581. The second-order valence-corrected chi connectivity index (χ2v) is 6.01. The van der Waals surface area contributed by atoms with E-state index >= 15 is 0 Å². The molecule has 0 aromatic heterocycles. The number of nitrogens with one attached hydrogen (secondary N) is 1. The van der Waals surface area contributed by atoms with Gasteiger partial charge in [0.1, 0.15) is 5.54 Å². The van der Waals surface area contributed by atoms with Gasteiger partial charge in [-0.25, -0.2) is 13.6 Å². The van der Waals surface area contributed by atoms with Gasteiger partial charge in [-0.15, -0.1) is 0 Å². The van der Waals surface area contributed by atoms with Crippen molar-refractivity contribution < 1.29 is 23.5 Å². The number of carbonyl (C=O) groups excluding carboxylic acids is 1.